The molecule has 0 saturated carbocycles. The minimum Gasteiger partial charge on any atom is -0.485 e. The van der Waals surface area contributed by atoms with E-state index in [1.165, 1.54) is 29.5 Å². The number of Topliss-reactive ketones (excluding diaryl/α,β-unsaturated/α-hetero) is 1. The lowest BCUT2D eigenvalue weighted by atomic mass is 10.3. The number of halogens is 2. The van der Waals surface area contributed by atoms with Crippen molar-refractivity contribution in [1.82, 2.24) is 0 Å². The van der Waals surface area contributed by atoms with Gasteiger partial charge >= 0.3 is 0 Å². The minimum atomic E-state index is -0.359. The van der Waals surface area contributed by atoms with E-state index in [0.717, 1.165) is 4.88 Å². The average Bonchev–Trinajstić information content (AvgIpc) is 2.77. The maximum Gasteiger partial charge on any atom is 0.210 e. The number of hydrogen-bond acceptors (Lipinski definition) is 3. The van der Waals surface area contributed by atoms with Crippen LogP contribution in [0.1, 0.15) is 14.5 Å². The van der Waals surface area contributed by atoms with Crippen molar-refractivity contribution in [3.8, 4) is 5.75 Å². The first kappa shape index (κ1) is 13.2. The lowest BCUT2D eigenvalue weighted by Crippen LogP contribution is -2.10. The molecule has 2 nitrogen and oxygen atoms in total. The standard InChI is InChI=1S/C13H10BrFO2S/c1-8-2-5-13(18-8)12(16)7-17-9-3-4-11(15)10(14)6-9/h2-6H,7H2,1H3. The highest BCUT2D eigenvalue weighted by Gasteiger charge is 2.09. The molecule has 2 aromatic rings. The van der Waals surface area contributed by atoms with Crippen molar-refractivity contribution in [2.45, 2.75) is 6.92 Å². The predicted octanol–water partition coefficient (Wildman–Crippen LogP) is 4.22. The molecule has 1 aromatic carbocycles. The first-order chi connectivity index (χ1) is 8.56. The Morgan fingerprint density at radius 3 is 2.78 bits per heavy atom. The molecule has 1 aromatic heterocycles. The van der Waals surface area contributed by atoms with Gasteiger partial charge in [-0.15, -0.1) is 11.3 Å². The molecular formula is C13H10BrFO2S. The number of rotatable bonds is 4. The van der Waals surface area contributed by atoms with Crippen LogP contribution in [0.3, 0.4) is 0 Å². The molecule has 0 N–H and O–H groups in total. The molecule has 0 spiro atoms. The Labute approximate surface area is 117 Å². The van der Waals surface area contributed by atoms with Crippen LogP contribution in [0, 0.1) is 12.7 Å². The second-order valence-electron chi connectivity index (χ2n) is 3.70. The zero-order valence-electron chi connectivity index (χ0n) is 9.57. The Kier molecular flexibility index (Phi) is 4.14. The fourth-order valence-corrected chi connectivity index (χ4v) is 2.52. The maximum absolute atomic E-state index is 13.0. The number of ketones is 1. The first-order valence-corrected chi connectivity index (χ1v) is 6.84. The molecule has 18 heavy (non-hydrogen) atoms. The number of aryl methyl sites for hydroxylation is 1. The summed E-state index contributed by atoms with van der Waals surface area (Å²) in [6, 6.07) is 7.97. The number of carbonyl (C=O) groups excluding carboxylic acids is 1. The summed E-state index contributed by atoms with van der Waals surface area (Å²) in [7, 11) is 0. The van der Waals surface area contributed by atoms with Crippen molar-refractivity contribution in [3.63, 3.8) is 0 Å². The Morgan fingerprint density at radius 1 is 1.39 bits per heavy atom. The van der Waals surface area contributed by atoms with Crippen molar-refractivity contribution < 1.29 is 13.9 Å². The molecule has 0 unspecified atom stereocenters. The van der Waals surface area contributed by atoms with Gasteiger partial charge in [-0.25, -0.2) is 4.39 Å². The Bertz CT molecular complexity index is 580. The highest BCUT2D eigenvalue weighted by Crippen LogP contribution is 2.22. The SMILES string of the molecule is Cc1ccc(C(=O)COc2ccc(F)c(Br)c2)s1. The summed E-state index contributed by atoms with van der Waals surface area (Å²) in [5, 5.41) is 0. The largest absolute Gasteiger partial charge is 0.485 e. The van der Waals surface area contributed by atoms with Crippen molar-refractivity contribution in [1.29, 1.82) is 0 Å². The van der Waals surface area contributed by atoms with Crippen LogP contribution in [0.4, 0.5) is 4.39 Å². The van der Waals surface area contributed by atoms with Crippen LogP contribution in [-0.2, 0) is 0 Å². The van der Waals surface area contributed by atoms with Gasteiger partial charge in [0.1, 0.15) is 11.6 Å². The quantitative estimate of drug-likeness (QED) is 0.785. The van der Waals surface area contributed by atoms with Crippen molar-refractivity contribution in [2.24, 2.45) is 0 Å². The van der Waals surface area contributed by atoms with Gasteiger partial charge in [-0.1, -0.05) is 0 Å². The van der Waals surface area contributed by atoms with Gasteiger partial charge in [0.05, 0.1) is 9.35 Å². The molecule has 5 heteroatoms. The second-order valence-corrected chi connectivity index (χ2v) is 5.84. The van der Waals surface area contributed by atoms with Crippen molar-refractivity contribution in [2.75, 3.05) is 6.61 Å². The molecule has 0 amide bonds. The lowest BCUT2D eigenvalue weighted by molar-refractivity contribution is 0.0925. The first-order valence-electron chi connectivity index (χ1n) is 5.24. The van der Waals surface area contributed by atoms with Crippen LogP contribution in [0.25, 0.3) is 0 Å². The van der Waals surface area contributed by atoms with Gasteiger partial charge in [-0.2, -0.15) is 0 Å². The van der Waals surface area contributed by atoms with E-state index in [-0.39, 0.29) is 18.2 Å². The Morgan fingerprint density at radius 2 is 2.17 bits per heavy atom. The van der Waals surface area contributed by atoms with Crippen LogP contribution in [0.15, 0.2) is 34.8 Å². The van der Waals surface area contributed by atoms with E-state index in [1.807, 2.05) is 13.0 Å². The molecule has 0 aliphatic rings. The van der Waals surface area contributed by atoms with Gasteiger partial charge < -0.3 is 4.74 Å². The second kappa shape index (κ2) is 5.63. The van der Waals surface area contributed by atoms with Crippen LogP contribution >= 0.6 is 27.3 Å². The van der Waals surface area contributed by atoms with E-state index < -0.39 is 0 Å². The maximum atomic E-state index is 13.0. The number of carbonyl (C=O) groups is 1. The third kappa shape index (κ3) is 3.17. The average molecular weight is 329 g/mol. The molecule has 0 fully saturated rings. The van der Waals surface area contributed by atoms with Crippen LogP contribution in [0.2, 0.25) is 0 Å². The van der Waals surface area contributed by atoms with Gasteiger partial charge in [0.25, 0.3) is 0 Å². The van der Waals surface area contributed by atoms with Gasteiger partial charge in [-0.05, 0) is 53.2 Å². The molecular weight excluding hydrogens is 319 g/mol. The number of benzene rings is 1. The molecule has 0 aliphatic heterocycles. The number of ether oxygens (including phenoxy) is 1. The minimum absolute atomic E-state index is 0.0436. The van der Waals surface area contributed by atoms with Gasteiger partial charge in [-0.3, -0.25) is 4.79 Å². The Hall–Kier alpha value is -1.20. The zero-order valence-corrected chi connectivity index (χ0v) is 12.0. The number of thiophene rings is 1. The molecule has 0 saturated heterocycles. The van der Waals surface area contributed by atoms with Crippen LogP contribution in [0.5, 0.6) is 5.75 Å². The van der Waals surface area contributed by atoms with E-state index in [9.17, 15) is 9.18 Å². The molecule has 1 heterocycles. The fraction of sp³-hybridized carbons (Fsp3) is 0.154. The molecule has 0 aliphatic carbocycles. The highest BCUT2D eigenvalue weighted by molar-refractivity contribution is 9.10. The monoisotopic (exact) mass is 328 g/mol. The van der Waals surface area contributed by atoms with Crippen molar-refractivity contribution in [3.05, 3.63) is 50.4 Å². The molecule has 0 radical (unpaired) electrons. The normalized spacial score (nSPS) is 10.4. The van der Waals surface area contributed by atoms with Gasteiger partial charge in [0.15, 0.2) is 6.61 Å². The van der Waals surface area contributed by atoms with E-state index in [2.05, 4.69) is 15.9 Å². The zero-order chi connectivity index (χ0) is 13.1. The van der Waals surface area contributed by atoms with E-state index in [1.54, 1.807) is 6.07 Å². The summed E-state index contributed by atoms with van der Waals surface area (Å²) in [5.74, 6) is 0.0287. The van der Waals surface area contributed by atoms with Gasteiger partial charge in [0, 0.05) is 4.88 Å². The van der Waals surface area contributed by atoms with E-state index in [0.29, 0.717) is 15.1 Å². The Balaban J connectivity index is 1.99. The smallest absolute Gasteiger partial charge is 0.210 e. The summed E-state index contributed by atoms with van der Waals surface area (Å²) >= 11 is 4.50. The topological polar surface area (TPSA) is 26.3 Å². The summed E-state index contributed by atoms with van der Waals surface area (Å²) < 4.78 is 18.6. The van der Waals surface area contributed by atoms with Gasteiger partial charge in [0.2, 0.25) is 5.78 Å². The molecule has 2 rings (SSSR count). The summed E-state index contributed by atoms with van der Waals surface area (Å²) in [5.41, 5.74) is 0. The molecule has 0 bridgehead atoms. The van der Waals surface area contributed by atoms with Crippen molar-refractivity contribution >= 4 is 33.0 Å². The fourth-order valence-electron chi connectivity index (χ4n) is 1.37. The highest BCUT2D eigenvalue weighted by atomic mass is 79.9. The summed E-state index contributed by atoms with van der Waals surface area (Å²) in [6.07, 6.45) is 0. The van der Waals surface area contributed by atoms with Crippen LogP contribution in [-0.4, -0.2) is 12.4 Å². The number of hydrogen-bond donors (Lipinski definition) is 0. The molecule has 94 valence electrons. The predicted molar refractivity (Wildman–Crippen MR) is 73.0 cm³/mol. The summed E-state index contributed by atoms with van der Waals surface area (Å²) in [6.45, 7) is 1.90. The van der Waals surface area contributed by atoms with Crippen LogP contribution < -0.4 is 4.74 Å². The molecule has 0 atom stereocenters. The third-order valence-corrected chi connectivity index (χ3v) is 3.93. The third-order valence-electron chi connectivity index (χ3n) is 2.28. The summed E-state index contributed by atoms with van der Waals surface area (Å²) in [4.78, 5) is 13.5. The van der Waals surface area contributed by atoms with E-state index in [4.69, 9.17) is 4.74 Å². The van der Waals surface area contributed by atoms with E-state index >= 15 is 0 Å². The lowest BCUT2D eigenvalue weighted by Gasteiger charge is -2.05.